The Morgan fingerprint density at radius 2 is 1.85 bits per heavy atom. The molecule has 0 amide bonds. The summed E-state index contributed by atoms with van der Waals surface area (Å²) in [6, 6.07) is 8.46. The first-order valence-corrected chi connectivity index (χ1v) is 7.22. The number of rotatable bonds is 3. The number of hydrogen-bond acceptors (Lipinski definition) is 4. The predicted octanol–water partition coefficient (Wildman–Crippen LogP) is 3.21. The lowest BCUT2D eigenvalue weighted by atomic mass is 10.0. The lowest BCUT2D eigenvalue weighted by Crippen LogP contribution is -2.39. The largest absolute Gasteiger partial charge is 0.382 e. The SMILES string of the molecule is Clc1cc(NC2CCN(c3ccncc3)CC2)ccn1. The predicted molar refractivity (Wildman–Crippen MR) is 82.3 cm³/mol. The van der Waals surface area contributed by atoms with Gasteiger partial charge in [-0.25, -0.2) is 4.98 Å². The summed E-state index contributed by atoms with van der Waals surface area (Å²) in [6.45, 7) is 2.11. The number of nitrogens with one attached hydrogen (secondary N) is 1. The number of halogens is 1. The quantitative estimate of drug-likeness (QED) is 0.881. The van der Waals surface area contributed by atoms with Crippen LogP contribution in [0.5, 0.6) is 0 Å². The lowest BCUT2D eigenvalue weighted by molar-refractivity contribution is 0.526. The van der Waals surface area contributed by atoms with Gasteiger partial charge in [0.2, 0.25) is 0 Å². The van der Waals surface area contributed by atoms with E-state index in [2.05, 4.69) is 32.3 Å². The van der Waals surface area contributed by atoms with Gasteiger partial charge in [-0.15, -0.1) is 0 Å². The van der Waals surface area contributed by atoms with E-state index in [1.54, 1.807) is 6.20 Å². The highest BCUT2D eigenvalue weighted by molar-refractivity contribution is 6.29. The van der Waals surface area contributed by atoms with Crippen LogP contribution in [0.4, 0.5) is 11.4 Å². The summed E-state index contributed by atoms with van der Waals surface area (Å²) in [5, 5.41) is 4.06. The van der Waals surface area contributed by atoms with Crippen LogP contribution in [0.25, 0.3) is 0 Å². The van der Waals surface area contributed by atoms with Crippen LogP contribution >= 0.6 is 11.6 Å². The molecular weight excluding hydrogens is 272 g/mol. The van der Waals surface area contributed by atoms with Crippen molar-refractivity contribution in [3.8, 4) is 0 Å². The first-order valence-electron chi connectivity index (χ1n) is 6.84. The Morgan fingerprint density at radius 3 is 2.55 bits per heavy atom. The minimum absolute atomic E-state index is 0.492. The van der Waals surface area contributed by atoms with E-state index in [0.717, 1.165) is 31.6 Å². The molecule has 1 fully saturated rings. The Morgan fingerprint density at radius 1 is 1.10 bits per heavy atom. The molecule has 5 heteroatoms. The highest BCUT2D eigenvalue weighted by Gasteiger charge is 2.19. The number of pyridine rings is 2. The zero-order valence-electron chi connectivity index (χ0n) is 11.2. The number of aromatic nitrogens is 2. The van der Waals surface area contributed by atoms with E-state index in [4.69, 9.17) is 11.6 Å². The Labute approximate surface area is 123 Å². The minimum Gasteiger partial charge on any atom is -0.382 e. The molecule has 1 N–H and O–H groups in total. The van der Waals surface area contributed by atoms with Crippen molar-refractivity contribution in [2.75, 3.05) is 23.3 Å². The molecule has 4 nitrogen and oxygen atoms in total. The molecule has 0 bridgehead atoms. The Balaban J connectivity index is 1.56. The normalized spacial score (nSPS) is 16.1. The van der Waals surface area contributed by atoms with Crippen molar-refractivity contribution >= 4 is 23.0 Å². The smallest absolute Gasteiger partial charge is 0.131 e. The summed E-state index contributed by atoms with van der Waals surface area (Å²) in [4.78, 5) is 10.5. The van der Waals surface area contributed by atoms with Crippen molar-refractivity contribution in [1.82, 2.24) is 9.97 Å². The Bertz CT molecular complexity index is 553. The van der Waals surface area contributed by atoms with Crippen LogP contribution in [-0.4, -0.2) is 29.1 Å². The van der Waals surface area contributed by atoms with Crippen LogP contribution in [0.3, 0.4) is 0 Å². The van der Waals surface area contributed by atoms with E-state index >= 15 is 0 Å². The fraction of sp³-hybridized carbons (Fsp3) is 0.333. The molecule has 2 aromatic rings. The van der Waals surface area contributed by atoms with E-state index in [-0.39, 0.29) is 0 Å². The van der Waals surface area contributed by atoms with Gasteiger partial charge in [0.05, 0.1) is 0 Å². The van der Waals surface area contributed by atoms with Crippen LogP contribution in [-0.2, 0) is 0 Å². The highest BCUT2D eigenvalue weighted by atomic mass is 35.5. The third-order valence-corrected chi connectivity index (χ3v) is 3.83. The van der Waals surface area contributed by atoms with Crippen molar-refractivity contribution < 1.29 is 0 Å². The monoisotopic (exact) mass is 288 g/mol. The minimum atomic E-state index is 0.492. The van der Waals surface area contributed by atoms with Gasteiger partial charge in [0, 0.05) is 49.1 Å². The zero-order chi connectivity index (χ0) is 13.8. The van der Waals surface area contributed by atoms with Gasteiger partial charge < -0.3 is 10.2 Å². The molecule has 0 atom stereocenters. The average molecular weight is 289 g/mol. The second-order valence-corrected chi connectivity index (χ2v) is 5.37. The zero-order valence-corrected chi connectivity index (χ0v) is 11.9. The third-order valence-electron chi connectivity index (χ3n) is 3.62. The molecule has 3 rings (SSSR count). The molecule has 0 aliphatic carbocycles. The van der Waals surface area contributed by atoms with Crippen LogP contribution in [0, 0.1) is 0 Å². The summed E-state index contributed by atoms with van der Waals surface area (Å²) >= 11 is 5.90. The lowest BCUT2D eigenvalue weighted by Gasteiger charge is -2.34. The van der Waals surface area contributed by atoms with Crippen molar-refractivity contribution in [3.63, 3.8) is 0 Å². The number of anilines is 2. The third kappa shape index (κ3) is 3.20. The summed E-state index contributed by atoms with van der Waals surface area (Å²) < 4.78 is 0. The molecule has 1 saturated heterocycles. The van der Waals surface area contributed by atoms with Gasteiger partial charge in [0.15, 0.2) is 0 Å². The summed E-state index contributed by atoms with van der Waals surface area (Å²) in [5.74, 6) is 0. The molecule has 1 aliphatic rings. The fourth-order valence-corrected chi connectivity index (χ4v) is 2.74. The van der Waals surface area contributed by atoms with Gasteiger partial charge in [0.25, 0.3) is 0 Å². The molecule has 104 valence electrons. The molecule has 0 radical (unpaired) electrons. The topological polar surface area (TPSA) is 41.0 Å². The average Bonchev–Trinajstić information content (AvgIpc) is 2.49. The highest BCUT2D eigenvalue weighted by Crippen LogP contribution is 2.22. The number of hydrogen-bond donors (Lipinski definition) is 1. The maximum absolute atomic E-state index is 5.90. The van der Waals surface area contributed by atoms with Crippen molar-refractivity contribution in [2.45, 2.75) is 18.9 Å². The van der Waals surface area contributed by atoms with E-state index in [1.165, 1.54) is 5.69 Å². The first-order chi connectivity index (χ1) is 9.81. The molecule has 0 unspecified atom stereocenters. The number of nitrogens with zero attached hydrogens (tertiary/aromatic N) is 3. The molecule has 1 aliphatic heterocycles. The van der Waals surface area contributed by atoms with E-state index in [9.17, 15) is 0 Å². The summed E-state index contributed by atoms with van der Waals surface area (Å²) in [7, 11) is 0. The van der Waals surface area contributed by atoms with Crippen LogP contribution in [0.15, 0.2) is 42.9 Å². The van der Waals surface area contributed by atoms with Crippen molar-refractivity contribution in [1.29, 1.82) is 0 Å². The maximum Gasteiger partial charge on any atom is 0.131 e. The van der Waals surface area contributed by atoms with Gasteiger partial charge in [-0.2, -0.15) is 0 Å². The molecule has 0 spiro atoms. The Hall–Kier alpha value is -1.81. The number of piperidine rings is 1. The standard InChI is InChI=1S/C15H17ClN4/c16-15-11-13(1-8-18-15)19-12-4-9-20(10-5-12)14-2-6-17-7-3-14/h1-3,6-8,11-12H,4-5,9-10H2,(H,18,19). The fourth-order valence-electron chi connectivity index (χ4n) is 2.56. The summed E-state index contributed by atoms with van der Waals surface area (Å²) in [5.41, 5.74) is 2.30. The summed E-state index contributed by atoms with van der Waals surface area (Å²) in [6.07, 6.45) is 7.65. The molecule has 20 heavy (non-hydrogen) atoms. The van der Waals surface area contributed by atoms with Gasteiger partial charge in [-0.05, 0) is 37.1 Å². The molecular formula is C15H17ClN4. The Kier molecular flexibility index (Phi) is 4.02. The van der Waals surface area contributed by atoms with Gasteiger partial charge in [-0.3, -0.25) is 4.98 Å². The van der Waals surface area contributed by atoms with Gasteiger partial charge in [-0.1, -0.05) is 11.6 Å². The first kappa shape index (κ1) is 13.2. The van der Waals surface area contributed by atoms with Crippen molar-refractivity contribution in [3.05, 3.63) is 48.0 Å². The van der Waals surface area contributed by atoms with E-state index in [1.807, 2.05) is 24.5 Å². The van der Waals surface area contributed by atoms with E-state index < -0.39 is 0 Å². The van der Waals surface area contributed by atoms with Gasteiger partial charge in [0.1, 0.15) is 5.15 Å². The second kappa shape index (κ2) is 6.09. The maximum atomic E-state index is 5.90. The van der Waals surface area contributed by atoms with Crippen LogP contribution in [0.2, 0.25) is 5.15 Å². The van der Waals surface area contributed by atoms with E-state index in [0.29, 0.717) is 11.2 Å². The van der Waals surface area contributed by atoms with Crippen LogP contribution < -0.4 is 10.2 Å². The van der Waals surface area contributed by atoms with Gasteiger partial charge >= 0.3 is 0 Å². The molecule has 3 heterocycles. The molecule has 2 aromatic heterocycles. The van der Waals surface area contributed by atoms with Crippen molar-refractivity contribution in [2.24, 2.45) is 0 Å². The molecule has 0 aromatic carbocycles. The molecule has 0 saturated carbocycles. The van der Waals surface area contributed by atoms with Crippen LogP contribution in [0.1, 0.15) is 12.8 Å². The second-order valence-electron chi connectivity index (χ2n) is 4.98.